The number of nitrogens with zero attached hydrogens (tertiary/aromatic N) is 2. The van der Waals surface area contributed by atoms with Gasteiger partial charge in [0.2, 0.25) is 0 Å². The van der Waals surface area contributed by atoms with Crippen molar-refractivity contribution in [2.24, 2.45) is 0 Å². The van der Waals surface area contributed by atoms with E-state index in [-0.39, 0.29) is 5.91 Å². The molecule has 0 bridgehead atoms. The highest BCUT2D eigenvalue weighted by Gasteiger charge is 2.05. The van der Waals surface area contributed by atoms with Crippen molar-refractivity contribution in [3.8, 4) is 0 Å². The van der Waals surface area contributed by atoms with Gasteiger partial charge in [-0.2, -0.15) is 15.4 Å². The molecular formula is C7H10N4O. The lowest BCUT2D eigenvalue weighted by molar-refractivity contribution is 0.0953. The predicted octanol–water partition coefficient (Wildman–Crippen LogP) is 0.111. The second-order valence-corrected chi connectivity index (χ2v) is 2.13. The van der Waals surface area contributed by atoms with Crippen LogP contribution in [0.25, 0.3) is 0 Å². The maximum Gasteiger partial charge on any atom is 0.273 e. The lowest BCUT2D eigenvalue weighted by atomic mass is 10.4. The highest BCUT2D eigenvalue weighted by molar-refractivity contribution is 5.91. The minimum Gasteiger partial charge on any atom is -0.347 e. The van der Waals surface area contributed by atoms with Crippen LogP contribution in [0, 0.1) is 0 Å². The van der Waals surface area contributed by atoms with E-state index in [9.17, 15) is 4.79 Å². The zero-order valence-electron chi connectivity index (χ0n) is 6.74. The molecule has 0 spiro atoms. The molecular weight excluding hydrogens is 156 g/mol. The lowest BCUT2D eigenvalue weighted by Crippen LogP contribution is -2.23. The molecule has 0 unspecified atom stereocenters. The van der Waals surface area contributed by atoms with Gasteiger partial charge >= 0.3 is 0 Å². The van der Waals surface area contributed by atoms with Gasteiger partial charge in [0.05, 0.1) is 6.20 Å². The lowest BCUT2D eigenvalue weighted by Gasteiger charge is -1.95. The van der Waals surface area contributed by atoms with Crippen molar-refractivity contribution in [1.29, 1.82) is 0 Å². The van der Waals surface area contributed by atoms with Crippen LogP contribution < -0.4 is 5.32 Å². The Bertz CT molecular complexity index is 265. The van der Waals surface area contributed by atoms with E-state index in [1.165, 1.54) is 6.20 Å². The van der Waals surface area contributed by atoms with E-state index in [0.29, 0.717) is 12.2 Å². The van der Waals surface area contributed by atoms with Gasteiger partial charge in [-0.15, -0.1) is 0 Å². The predicted molar refractivity (Wildman–Crippen MR) is 43.5 cm³/mol. The number of amides is 1. The van der Waals surface area contributed by atoms with Crippen molar-refractivity contribution in [2.45, 2.75) is 6.92 Å². The first kappa shape index (κ1) is 8.45. The second-order valence-electron chi connectivity index (χ2n) is 2.13. The first-order valence-corrected chi connectivity index (χ1v) is 3.59. The number of rotatable bonds is 3. The number of carbonyl (C=O) groups is 1. The Morgan fingerprint density at radius 1 is 1.83 bits per heavy atom. The van der Waals surface area contributed by atoms with Gasteiger partial charge < -0.3 is 5.32 Å². The topological polar surface area (TPSA) is 70.7 Å². The van der Waals surface area contributed by atoms with E-state index in [1.54, 1.807) is 0 Å². The fourth-order valence-electron chi connectivity index (χ4n) is 0.671. The summed E-state index contributed by atoms with van der Waals surface area (Å²) in [7, 11) is 0. The maximum atomic E-state index is 11.1. The molecule has 0 aliphatic carbocycles. The molecule has 1 heterocycles. The van der Waals surface area contributed by atoms with Gasteiger partial charge in [-0.25, -0.2) is 0 Å². The van der Waals surface area contributed by atoms with E-state index in [1.807, 2.05) is 19.1 Å². The van der Waals surface area contributed by atoms with E-state index >= 15 is 0 Å². The molecule has 0 radical (unpaired) electrons. The van der Waals surface area contributed by atoms with Crippen molar-refractivity contribution in [1.82, 2.24) is 20.7 Å². The Labute approximate surface area is 69.9 Å². The molecule has 1 aromatic heterocycles. The Balaban J connectivity index is 2.40. The number of carbonyl (C=O) groups excluding carboxylic acids is 1. The molecule has 64 valence electrons. The summed E-state index contributed by atoms with van der Waals surface area (Å²) in [5, 5.41) is 12.1. The number of aromatic nitrogens is 3. The average molecular weight is 166 g/mol. The summed E-state index contributed by atoms with van der Waals surface area (Å²) in [6.45, 7) is 2.41. The Morgan fingerprint density at radius 2 is 2.67 bits per heavy atom. The molecule has 0 aromatic carbocycles. The van der Waals surface area contributed by atoms with Crippen LogP contribution in [0.2, 0.25) is 0 Å². The van der Waals surface area contributed by atoms with Crippen LogP contribution in [-0.2, 0) is 0 Å². The third kappa shape index (κ3) is 2.19. The first-order chi connectivity index (χ1) is 5.84. The molecule has 0 saturated carbocycles. The molecule has 0 aliphatic heterocycles. The molecule has 0 saturated heterocycles. The quantitative estimate of drug-likeness (QED) is 0.626. The van der Waals surface area contributed by atoms with Crippen molar-refractivity contribution in [3.05, 3.63) is 24.0 Å². The summed E-state index contributed by atoms with van der Waals surface area (Å²) in [6, 6.07) is 0. The van der Waals surface area contributed by atoms with Gasteiger partial charge in [-0.3, -0.25) is 4.79 Å². The largest absolute Gasteiger partial charge is 0.347 e. The zero-order valence-corrected chi connectivity index (χ0v) is 6.74. The summed E-state index contributed by atoms with van der Waals surface area (Å²) >= 11 is 0. The molecule has 12 heavy (non-hydrogen) atoms. The van der Waals surface area contributed by atoms with Gasteiger partial charge in [0.25, 0.3) is 5.91 Å². The summed E-state index contributed by atoms with van der Waals surface area (Å²) in [5.74, 6) is -0.221. The molecule has 1 rings (SSSR count). The van der Waals surface area contributed by atoms with Crippen LogP contribution in [0.15, 0.2) is 18.3 Å². The summed E-state index contributed by atoms with van der Waals surface area (Å²) in [6.07, 6.45) is 5.09. The number of hydrogen-bond donors (Lipinski definition) is 2. The Hall–Kier alpha value is -1.65. The minimum atomic E-state index is -0.221. The van der Waals surface area contributed by atoms with Gasteiger partial charge in [-0.05, 0) is 6.92 Å². The van der Waals surface area contributed by atoms with Crippen LogP contribution >= 0.6 is 0 Å². The van der Waals surface area contributed by atoms with Crippen LogP contribution in [-0.4, -0.2) is 27.9 Å². The second kappa shape index (κ2) is 4.27. The Morgan fingerprint density at radius 3 is 3.25 bits per heavy atom. The smallest absolute Gasteiger partial charge is 0.273 e. The van der Waals surface area contributed by atoms with E-state index in [4.69, 9.17) is 0 Å². The van der Waals surface area contributed by atoms with Crippen LogP contribution in [0.1, 0.15) is 17.4 Å². The summed E-state index contributed by atoms with van der Waals surface area (Å²) in [4.78, 5) is 11.1. The number of H-pyrrole nitrogens is 1. The van der Waals surface area contributed by atoms with E-state index in [2.05, 4.69) is 20.7 Å². The number of nitrogens with one attached hydrogen (secondary N) is 2. The van der Waals surface area contributed by atoms with Crippen LogP contribution in [0.5, 0.6) is 0 Å². The maximum absolute atomic E-state index is 11.1. The number of allylic oxidation sites excluding steroid dienone is 1. The third-order valence-electron chi connectivity index (χ3n) is 1.26. The van der Waals surface area contributed by atoms with Crippen LogP contribution in [0.4, 0.5) is 0 Å². The molecule has 5 heteroatoms. The minimum absolute atomic E-state index is 0.221. The highest BCUT2D eigenvalue weighted by atomic mass is 16.1. The van der Waals surface area contributed by atoms with Gasteiger partial charge in [0, 0.05) is 6.54 Å². The molecule has 5 nitrogen and oxygen atoms in total. The van der Waals surface area contributed by atoms with E-state index < -0.39 is 0 Å². The monoisotopic (exact) mass is 166 g/mol. The van der Waals surface area contributed by atoms with Crippen molar-refractivity contribution in [3.63, 3.8) is 0 Å². The van der Waals surface area contributed by atoms with Gasteiger partial charge in [0.15, 0.2) is 5.69 Å². The van der Waals surface area contributed by atoms with Crippen molar-refractivity contribution < 1.29 is 4.79 Å². The van der Waals surface area contributed by atoms with Crippen LogP contribution in [0.3, 0.4) is 0 Å². The third-order valence-corrected chi connectivity index (χ3v) is 1.26. The standard InChI is InChI=1S/C7H10N4O/c1-2-3-4-8-7(12)6-5-9-11-10-6/h2-3,5H,4H2,1H3,(H,8,12)(H,9,10,11)/b3-2+. The zero-order chi connectivity index (χ0) is 8.81. The number of hydrogen-bond acceptors (Lipinski definition) is 3. The molecule has 0 fully saturated rings. The first-order valence-electron chi connectivity index (χ1n) is 3.59. The molecule has 1 aromatic rings. The normalized spacial score (nSPS) is 10.4. The molecule has 1 amide bonds. The summed E-state index contributed by atoms with van der Waals surface area (Å²) < 4.78 is 0. The van der Waals surface area contributed by atoms with Crippen molar-refractivity contribution >= 4 is 5.91 Å². The fraction of sp³-hybridized carbons (Fsp3) is 0.286. The van der Waals surface area contributed by atoms with Gasteiger partial charge in [-0.1, -0.05) is 12.2 Å². The Kier molecular flexibility index (Phi) is 3.01. The molecule has 0 atom stereocenters. The molecule has 2 N–H and O–H groups in total. The van der Waals surface area contributed by atoms with Crippen molar-refractivity contribution in [2.75, 3.05) is 6.54 Å². The SMILES string of the molecule is C/C=C/CNC(=O)c1cn[nH]n1. The summed E-state index contributed by atoms with van der Waals surface area (Å²) in [5.41, 5.74) is 0.305. The molecule has 0 aliphatic rings. The highest BCUT2D eigenvalue weighted by Crippen LogP contribution is 1.86. The van der Waals surface area contributed by atoms with Gasteiger partial charge in [0.1, 0.15) is 0 Å². The average Bonchev–Trinajstić information content (AvgIpc) is 2.56. The fourth-order valence-corrected chi connectivity index (χ4v) is 0.671. The van der Waals surface area contributed by atoms with E-state index in [0.717, 1.165) is 0 Å². The number of aromatic amines is 1.